The number of para-hydroxylation sites is 1. The molecule has 1 saturated heterocycles. The van der Waals surface area contributed by atoms with E-state index in [1.165, 1.54) is 0 Å². The number of nitrogens with zero attached hydrogens (tertiary/aromatic N) is 1. The standard InChI is InChI=1S/C36H37NO5/c1-38-33-32(26-39-23-27-13-5-2-6-14-27)42-36(37-22-21-30-19-11-12-20-31(30)37)35(41-25-29-17-9-4-10-18-29)34(33)40-24-28-15-7-3-8-16-28/h2-22,32-36H,23-26H2,1H3/t32-,33-,34+,35-,36-/m1/s1. The van der Waals surface area contributed by atoms with E-state index >= 15 is 0 Å². The van der Waals surface area contributed by atoms with Gasteiger partial charge in [0.15, 0.2) is 6.23 Å². The van der Waals surface area contributed by atoms with Crippen LogP contribution in [0.2, 0.25) is 0 Å². The van der Waals surface area contributed by atoms with Gasteiger partial charge in [-0.25, -0.2) is 0 Å². The van der Waals surface area contributed by atoms with Crippen molar-refractivity contribution < 1.29 is 23.7 Å². The van der Waals surface area contributed by atoms with Crippen LogP contribution in [0.25, 0.3) is 10.9 Å². The van der Waals surface area contributed by atoms with E-state index in [2.05, 4.69) is 65.4 Å². The van der Waals surface area contributed by atoms with Gasteiger partial charge in [0.05, 0.1) is 31.9 Å². The van der Waals surface area contributed by atoms with E-state index in [4.69, 9.17) is 23.7 Å². The lowest BCUT2D eigenvalue weighted by Gasteiger charge is -2.46. The summed E-state index contributed by atoms with van der Waals surface area (Å²) < 4.78 is 34.8. The second-order valence-corrected chi connectivity index (χ2v) is 10.6. The summed E-state index contributed by atoms with van der Waals surface area (Å²) in [4.78, 5) is 0. The van der Waals surface area contributed by atoms with Gasteiger partial charge in [-0.05, 0) is 34.2 Å². The van der Waals surface area contributed by atoms with Gasteiger partial charge in [-0.15, -0.1) is 0 Å². The molecular formula is C36H37NO5. The third-order valence-corrected chi connectivity index (χ3v) is 7.75. The van der Waals surface area contributed by atoms with Crippen molar-refractivity contribution in [3.8, 4) is 0 Å². The molecule has 0 N–H and O–H groups in total. The Hall–Kier alpha value is -3.78. The van der Waals surface area contributed by atoms with Crippen molar-refractivity contribution in [3.63, 3.8) is 0 Å². The van der Waals surface area contributed by atoms with Gasteiger partial charge in [0.25, 0.3) is 0 Å². The average molecular weight is 564 g/mol. The first kappa shape index (κ1) is 28.3. The van der Waals surface area contributed by atoms with E-state index in [1.54, 1.807) is 7.11 Å². The summed E-state index contributed by atoms with van der Waals surface area (Å²) in [5.41, 5.74) is 4.34. The molecule has 1 fully saturated rings. The lowest BCUT2D eigenvalue weighted by atomic mass is 9.97. The Morgan fingerprint density at radius 2 is 1.14 bits per heavy atom. The Labute approximate surface area is 247 Å². The van der Waals surface area contributed by atoms with Gasteiger partial charge in [-0.3, -0.25) is 0 Å². The molecule has 216 valence electrons. The molecule has 0 bridgehead atoms. The third-order valence-electron chi connectivity index (χ3n) is 7.75. The molecule has 1 aromatic heterocycles. The number of hydrogen-bond donors (Lipinski definition) is 0. The van der Waals surface area contributed by atoms with E-state index in [-0.39, 0.29) is 6.10 Å². The maximum Gasteiger partial charge on any atom is 0.163 e. The minimum atomic E-state index is -0.467. The van der Waals surface area contributed by atoms with E-state index in [0.717, 1.165) is 27.6 Å². The van der Waals surface area contributed by atoms with Crippen LogP contribution in [-0.2, 0) is 43.5 Å². The molecule has 0 spiro atoms. The van der Waals surface area contributed by atoms with Gasteiger partial charge in [0.2, 0.25) is 0 Å². The van der Waals surface area contributed by atoms with Crippen LogP contribution >= 0.6 is 0 Å². The first-order valence-corrected chi connectivity index (χ1v) is 14.5. The van der Waals surface area contributed by atoms with Crippen LogP contribution in [0.3, 0.4) is 0 Å². The van der Waals surface area contributed by atoms with Gasteiger partial charge in [-0.2, -0.15) is 0 Å². The predicted molar refractivity (Wildman–Crippen MR) is 163 cm³/mol. The first-order valence-electron chi connectivity index (χ1n) is 14.5. The van der Waals surface area contributed by atoms with Crippen LogP contribution in [0.5, 0.6) is 0 Å². The Bertz CT molecular complexity index is 1510. The fourth-order valence-electron chi connectivity index (χ4n) is 5.63. The molecule has 2 heterocycles. The lowest BCUT2D eigenvalue weighted by molar-refractivity contribution is -0.283. The third kappa shape index (κ3) is 6.65. The second kappa shape index (κ2) is 13.9. The van der Waals surface area contributed by atoms with Gasteiger partial charge < -0.3 is 28.3 Å². The van der Waals surface area contributed by atoms with Crippen LogP contribution in [-0.4, -0.2) is 42.7 Å². The number of aromatic nitrogens is 1. The summed E-state index contributed by atoms with van der Waals surface area (Å²) in [6, 6.07) is 40.9. The van der Waals surface area contributed by atoms with Gasteiger partial charge >= 0.3 is 0 Å². The highest BCUT2D eigenvalue weighted by atomic mass is 16.6. The normalized spacial score (nSPS) is 22.4. The minimum absolute atomic E-state index is 0.347. The molecule has 5 aromatic rings. The van der Waals surface area contributed by atoms with Crippen molar-refractivity contribution >= 4 is 10.9 Å². The molecule has 6 nitrogen and oxygen atoms in total. The minimum Gasteiger partial charge on any atom is -0.376 e. The maximum absolute atomic E-state index is 6.87. The molecule has 5 atom stereocenters. The summed E-state index contributed by atoms with van der Waals surface area (Å²) in [6.45, 7) is 1.67. The molecule has 1 aliphatic rings. The zero-order chi connectivity index (χ0) is 28.6. The number of ether oxygens (including phenoxy) is 5. The van der Waals surface area contributed by atoms with Crippen molar-refractivity contribution in [2.75, 3.05) is 13.7 Å². The quantitative estimate of drug-likeness (QED) is 0.165. The van der Waals surface area contributed by atoms with Crippen LogP contribution in [0.4, 0.5) is 0 Å². The number of fused-ring (bicyclic) bond motifs is 1. The van der Waals surface area contributed by atoms with E-state index in [9.17, 15) is 0 Å². The highest BCUT2D eigenvalue weighted by Crippen LogP contribution is 2.37. The van der Waals surface area contributed by atoms with Crippen LogP contribution < -0.4 is 0 Å². The SMILES string of the molecule is CO[C@H]1[C@H](OCc2ccccc2)[C@@H](OCc2ccccc2)[C@H](n2ccc3ccccc32)O[C@@H]1COCc1ccccc1. The number of methoxy groups -OCH3 is 1. The van der Waals surface area contributed by atoms with Crippen molar-refractivity contribution in [1.29, 1.82) is 0 Å². The van der Waals surface area contributed by atoms with E-state index < -0.39 is 24.5 Å². The van der Waals surface area contributed by atoms with Crippen molar-refractivity contribution in [1.82, 2.24) is 4.57 Å². The Morgan fingerprint density at radius 1 is 0.595 bits per heavy atom. The van der Waals surface area contributed by atoms with Crippen LogP contribution in [0.15, 0.2) is 128 Å². The molecular weight excluding hydrogens is 526 g/mol. The summed E-state index contributed by atoms with van der Waals surface area (Å²) in [7, 11) is 1.71. The zero-order valence-corrected chi connectivity index (χ0v) is 23.8. The number of benzene rings is 4. The first-order chi connectivity index (χ1) is 20.8. The van der Waals surface area contributed by atoms with Gasteiger partial charge in [0, 0.05) is 13.3 Å². The average Bonchev–Trinajstić information content (AvgIpc) is 3.48. The number of rotatable bonds is 12. The molecule has 0 amide bonds. The molecule has 4 aromatic carbocycles. The summed E-state index contributed by atoms with van der Waals surface area (Å²) >= 11 is 0. The predicted octanol–water partition coefficient (Wildman–Crippen LogP) is 6.94. The van der Waals surface area contributed by atoms with E-state index in [0.29, 0.717) is 26.4 Å². The molecule has 0 radical (unpaired) electrons. The molecule has 0 aliphatic carbocycles. The highest BCUT2D eigenvalue weighted by molar-refractivity contribution is 5.80. The van der Waals surface area contributed by atoms with Gasteiger partial charge in [-0.1, -0.05) is 109 Å². The molecule has 0 unspecified atom stereocenters. The Morgan fingerprint density at radius 3 is 1.76 bits per heavy atom. The second-order valence-electron chi connectivity index (χ2n) is 10.6. The fourth-order valence-corrected chi connectivity index (χ4v) is 5.63. The van der Waals surface area contributed by atoms with Crippen molar-refractivity contribution in [2.45, 2.75) is 50.5 Å². The topological polar surface area (TPSA) is 51.1 Å². The zero-order valence-electron chi connectivity index (χ0n) is 23.8. The number of hydrogen-bond acceptors (Lipinski definition) is 5. The molecule has 1 aliphatic heterocycles. The molecule has 42 heavy (non-hydrogen) atoms. The smallest absolute Gasteiger partial charge is 0.163 e. The fraction of sp³-hybridized carbons (Fsp3) is 0.278. The Balaban J connectivity index is 1.33. The Kier molecular flexibility index (Phi) is 9.40. The summed E-state index contributed by atoms with van der Waals surface area (Å²) in [6.07, 6.45) is -0.0850. The molecule has 6 heteroatoms. The molecule has 6 rings (SSSR count). The maximum atomic E-state index is 6.87. The van der Waals surface area contributed by atoms with E-state index in [1.807, 2.05) is 66.7 Å². The highest BCUT2D eigenvalue weighted by Gasteiger charge is 2.49. The summed E-state index contributed by atoms with van der Waals surface area (Å²) in [5.74, 6) is 0. The lowest BCUT2D eigenvalue weighted by Crippen LogP contribution is -2.59. The van der Waals surface area contributed by atoms with Crippen LogP contribution in [0, 0.1) is 0 Å². The molecule has 0 saturated carbocycles. The van der Waals surface area contributed by atoms with Crippen molar-refractivity contribution in [3.05, 3.63) is 144 Å². The van der Waals surface area contributed by atoms with Crippen LogP contribution in [0.1, 0.15) is 22.9 Å². The largest absolute Gasteiger partial charge is 0.376 e. The van der Waals surface area contributed by atoms with Gasteiger partial charge in [0.1, 0.15) is 24.4 Å². The monoisotopic (exact) mass is 563 g/mol. The van der Waals surface area contributed by atoms with Crippen molar-refractivity contribution in [2.24, 2.45) is 0 Å². The summed E-state index contributed by atoms with van der Waals surface area (Å²) in [5, 5.41) is 1.13.